The van der Waals surface area contributed by atoms with Gasteiger partial charge >= 0.3 is 0 Å². The number of aromatic nitrogens is 1. The van der Waals surface area contributed by atoms with E-state index in [1.165, 1.54) is 6.26 Å². The molecule has 1 atom stereocenters. The third-order valence-electron chi connectivity index (χ3n) is 4.06. The van der Waals surface area contributed by atoms with Gasteiger partial charge in [-0.05, 0) is 18.2 Å². The summed E-state index contributed by atoms with van der Waals surface area (Å²) in [5.74, 6) is -0.101. The van der Waals surface area contributed by atoms with Crippen molar-refractivity contribution < 1.29 is 18.7 Å². The fourth-order valence-corrected chi connectivity index (χ4v) is 2.83. The lowest BCUT2D eigenvalue weighted by Crippen LogP contribution is -2.49. The second-order valence-corrected chi connectivity index (χ2v) is 5.67. The van der Waals surface area contributed by atoms with Gasteiger partial charge in [0.05, 0.1) is 31.1 Å². The summed E-state index contributed by atoms with van der Waals surface area (Å²) in [6.45, 7) is 1.13. The van der Waals surface area contributed by atoms with Crippen molar-refractivity contribution >= 4 is 11.7 Å². The van der Waals surface area contributed by atoms with E-state index >= 15 is 0 Å². The van der Waals surface area contributed by atoms with Crippen LogP contribution in [0, 0.1) is 11.3 Å². The number of carbonyl (C=O) groups is 2. The molecule has 3 rings (SSSR count). The molecule has 0 bridgehead atoms. The molecule has 124 valence electrons. The van der Waals surface area contributed by atoms with Gasteiger partial charge in [0.2, 0.25) is 0 Å². The van der Waals surface area contributed by atoms with Crippen LogP contribution in [0.15, 0.2) is 35.1 Å². The Hall–Kier alpha value is -2.85. The van der Waals surface area contributed by atoms with Crippen LogP contribution < -0.4 is 0 Å². The van der Waals surface area contributed by atoms with Crippen molar-refractivity contribution in [1.29, 1.82) is 5.26 Å². The third kappa shape index (κ3) is 3.09. The second kappa shape index (κ2) is 6.72. The molecule has 0 saturated carbocycles. The summed E-state index contributed by atoms with van der Waals surface area (Å²) in [6, 6.07) is 6.49. The van der Waals surface area contributed by atoms with E-state index in [9.17, 15) is 9.59 Å². The minimum Gasteiger partial charge on any atom is -0.461 e. The number of ether oxygens (including phenoxy) is 1. The summed E-state index contributed by atoms with van der Waals surface area (Å²) < 4.78 is 12.2. The zero-order chi connectivity index (χ0) is 17.1. The van der Waals surface area contributed by atoms with Crippen LogP contribution in [0.1, 0.15) is 33.0 Å². The van der Waals surface area contributed by atoms with E-state index in [0.29, 0.717) is 31.0 Å². The van der Waals surface area contributed by atoms with Gasteiger partial charge in [-0.25, -0.2) is 0 Å². The number of Topliss-reactive ketones (excluding diaryl/α,β-unsaturated/α-hetero) is 1. The first-order chi connectivity index (χ1) is 11.6. The number of nitrogens with zero attached hydrogens (tertiary/aromatic N) is 3. The molecule has 0 radical (unpaired) electrons. The van der Waals surface area contributed by atoms with Gasteiger partial charge in [0.15, 0.2) is 11.5 Å². The lowest BCUT2D eigenvalue weighted by Gasteiger charge is -2.35. The van der Waals surface area contributed by atoms with Crippen LogP contribution in [0.2, 0.25) is 0 Å². The molecule has 1 amide bonds. The first-order valence-electron chi connectivity index (χ1n) is 7.62. The van der Waals surface area contributed by atoms with Crippen molar-refractivity contribution in [2.75, 3.05) is 19.8 Å². The quantitative estimate of drug-likeness (QED) is 0.796. The number of nitriles is 1. The van der Waals surface area contributed by atoms with Crippen LogP contribution in [-0.4, -0.2) is 47.0 Å². The van der Waals surface area contributed by atoms with Crippen molar-refractivity contribution in [2.24, 2.45) is 7.05 Å². The highest BCUT2D eigenvalue weighted by Crippen LogP contribution is 2.18. The largest absolute Gasteiger partial charge is 0.461 e. The maximum Gasteiger partial charge on any atom is 0.270 e. The summed E-state index contributed by atoms with van der Waals surface area (Å²) in [5.41, 5.74) is 0.848. The van der Waals surface area contributed by atoms with Gasteiger partial charge in [-0.2, -0.15) is 5.26 Å². The number of hydrogen-bond acceptors (Lipinski definition) is 5. The van der Waals surface area contributed by atoms with Crippen molar-refractivity contribution in [3.05, 3.63) is 47.7 Å². The van der Waals surface area contributed by atoms with Crippen molar-refractivity contribution in [3.8, 4) is 6.07 Å². The van der Waals surface area contributed by atoms with E-state index in [1.807, 2.05) is 6.07 Å². The molecule has 0 aromatic carbocycles. The summed E-state index contributed by atoms with van der Waals surface area (Å²) in [4.78, 5) is 26.7. The summed E-state index contributed by atoms with van der Waals surface area (Å²) in [5, 5.41) is 8.98. The SMILES string of the molecule is Cn1cc(C#N)cc1C(=O)N1CCOC[C@@H]1CC(=O)c1ccco1. The highest BCUT2D eigenvalue weighted by atomic mass is 16.5. The predicted octanol–water partition coefficient (Wildman–Crippen LogP) is 1.60. The predicted molar refractivity (Wildman–Crippen MR) is 83.4 cm³/mol. The second-order valence-electron chi connectivity index (χ2n) is 5.67. The van der Waals surface area contributed by atoms with Crippen LogP contribution in [0.4, 0.5) is 0 Å². The highest BCUT2D eigenvalue weighted by Gasteiger charge is 2.31. The molecule has 0 aliphatic carbocycles. The smallest absolute Gasteiger partial charge is 0.270 e. The van der Waals surface area contributed by atoms with E-state index in [2.05, 4.69) is 0 Å². The van der Waals surface area contributed by atoms with E-state index < -0.39 is 0 Å². The zero-order valence-corrected chi connectivity index (χ0v) is 13.3. The molecular formula is C17H17N3O4. The summed E-state index contributed by atoms with van der Waals surface area (Å²) in [7, 11) is 1.72. The number of hydrogen-bond donors (Lipinski definition) is 0. The lowest BCUT2D eigenvalue weighted by molar-refractivity contribution is -0.00350. The Morgan fingerprint density at radius 3 is 2.96 bits per heavy atom. The van der Waals surface area contributed by atoms with E-state index in [0.717, 1.165) is 0 Å². The van der Waals surface area contributed by atoms with Gasteiger partial charge in [0.25, 0.3) is 5.91 Å². The van der Waals surface area contributed by atoms with E-state index in [1.54, 1.807) is 40.9 Å². The lowest BCUT2D eigenvalue weighted by atomic mass is 10.1. The molecule has 2 aromatic rings. The van der Waals surface area contributed by atoms with Gasteiger partial charge in [0.1, 0.15) is 11.8 Å². The number of rotatable bonds is 4. The summed E-state index contributed by atoms with van der Waals surface area (Å²) >= 11 is 0. The number of amides is 1. The molecule has 24 heavy (non-hydrogen) atoms. The van der Waals surface area contributed by atoms with Crippen molar-refractivity contribution in [2.45, 2.75) is 12.5 Å². The van der Waals surface area contributed by atoms with Gasteiger partial charge in [-0.15, -0.1) is 0 Å². The molecular weight excluding hydrogens is 310 g/mol. The Labute approximate surface area is 139 Å². The first-order valence-corrected chi connectivity index (χ1v) is 7.62. The topological polar surface area (TPSA) is 88.5 Å². The normalized spacial score (nSPS) is 17.5. The summed E-state index contributed by atoms with van der Waals surface area (Å²) in [6.07, 6.45) is 3.19. The number of carbonyl (C=O) groups excluding carboxylic acids is 2. The molecule has 0 N–H and O–H groups in total. The molecule has 1 fully saturated rings. The molecule has 3 heterocycles. The fourth-order valence-electron chi connectivity index (χ4n) is 2.83. The van der Waals surface area contributed by atoms with Crippen molar-refractivity contribution in [3.63, 3.8) is 0 Å². The minimum atomic E-state index is -0.357. The van der Waals surface area contributed by atoms with Gasteiger partial charge in [-0.3, -0.25) is 9.59 Å². The maximum atomic E-state index is 12.8. The van der Waals surface area contributed by atoms with Gasteiger partial charge in [-0.1, -0.05) is 0 Å². The molecule has 1 saturated heterocycles. The standard InChI is InChI=1S/C17H17N3O4/c1-19-10-12(9-18)7-14(19)17(22)20-4-6-23-11-13(20)8-15(21)16-3-2-5-24-16/h2-3,5,7,10,13H,4,6,8,11H2,1H3/t13-/m0/s1. The Kier molecular flexibility index (Phi) is 4.49. The van der Waals surface area contributed by atoms with Crippen LogP contribution in [0.25, 0.3) is 0 Å². The zero-order valence-electron chi connectivity index (χ0n) is 13.3. The number of aryl methyl sites for hydroxylation is 1. The average Bonchev–Trinajstić information content (AvgIpc) is 3.24. The Morgan fingerprint density at radius 2 is 2.29 bits per heavy atom. The first kappa shape index (κ1) is 16.0. The van der Waals surface area contributed by atoms with E-state index in [4.69, 9.17) is 14.4 Å². The molecule has 0 spiro atoms. The van der Waals surface area contributed by atoms with Crippen LogP contribution in [0.3, 0.4) is 0 Å². The molecule has 0 unspecified atom stereocenters. The molecule has 1 aliphatic heterocycles. The molecule has 2 aromatic heterocycles. The average molecular weight is 327 g/mol. The van der Waals surface area contributed by atoms with Crippen LogP contribution in [0.5, 0.6) is 0 Å². The third-order valence-corrected chi connectivity index (χ3v) is 4.06. The Morgan fingerprint density at radius 1 is 1.46 bits per heavy atom. The fraction of sp³-hybridized carbons (Fsp3) is 0.353. The Balaban J connectivity index is 1.79. The number of morpholine rings is 1. The van der Waals surface area contributed by atoms with Gasteiger partial charge < -0.3 is 18.6 Å². The number of ketones is 1. The number of furan rings is 1. The van der Waals surface area contributed by atoms with Gasteiger partial charge in [0, 0.05) is 26.2 Å². The van der Waals surface area contributed by atoms with Crippen LogP contribution in [-0.2, 0) is 11.8 Å². The van der Waals surface area contributed by atoms with Crippen LogP contribution >= 0.6 is 0 Å². The van der Waals surface area contributed by atoms with E-state index in [-0.39, 0.29) is 29.9 Å². The Bertz CT molecular complexity index is 785. The molecule has 7 heteroatoms. The molecule has 1 aliphatic rings. The molecule has 7 nitrogen and oxygen atoms in total. The maximum absolute atomic E-state index is 12.8. The minimum absolute atomic E-state index is 0.134. The van der Waals surface area contributed by atoms with Crippen molar-refractivity contribution in [1.82, 2.24) is 9.47 Å². The monoisotopic (exact) mass is 327 g/mol. The highest BCUT2D eigenvalue weighted by molar-refractivity contribution is 5.96.